The predicted octanol–water partition coefficient (Wildman–Crippen LogP) is 5.68. The van der Waals surface area contributed by atoms with Crippen LogP contribution in [0.15, 0.2) is 96.2 Å². The quantitative estimate of drug-likeness (QED) is 0.325. The highest BCUT2D eigenvalue weighted by Gasteiger charge is 2.12. The lowest BCUT2D eigenvalue weighted by atomic mass is 10.1. The van der Waals surface area contributed by atoms with E-state index in [-0.39, 0.29) is 17.3 Å². The molecule has 4 rings (SSSR count). The molecule has 1 heterocycles. The maximum Gasteiger partial charge on any atom is 0.234 e. The topological polar surface area (TPSA) is 54.9 Å². The standard InChI is InChI=1S/C24H18FN3OS/c25-19-13-7-8-14-20(19)26-23(29)16-30-24-27-21(17-9-3-1-4-10-17)15-22(28-24)18-11-5-2-6-12-18/h1-15H,16H2,(H,26,29). The first-order chi connectivity index (χ1) is 14.7. The number of amides is 1. The maximum atomic E-state index is 13.7. The summed E-state index contributed by atoms with van der Waals surface area (Å²) in [6.07, 6.45) is 0. The van der Waals surface area contributed by atoms with Crippen LogP contribution in [0.1, 0.15) is 0 Å². The number of anilines is 1. The number of para-hydroxylation sites is 1. The number of hydrogen-bond donors (Lipinski definition) is 1. The summed E-state index contributed by atoms with van der Waals surface area (Å²) in [5, 5.41) is 3.07. The second-order valence-electron chi connectivity index (χ2n) is 6.47. The average Bonchev–Trinajstić information content (AvgIpc) is 2.80. The summed E-state index contributed by atoms with van der Waals surface area (Å²) in [6.45, 7) is 0. The van der Waals surface area contributed by atoms with Gasteiger partial charge >= 0.3 is 0 Å². The van der Waals surface area contributed by atoms with Crippen LogP contribution in [0, 0.1) is 5.82 Å². The lowest BCUT2D eigenvalue weighted by Gasteiger charge is -2.09. The van der Waals surface area contributed by atoms with Gasteiger partial charge in [-0.25, -0.2) is 14.4 Å². The zero-order chi connectivity index (χ0) is 20.8. The lowest BCUT2D eigenvalue weighted by molar-refractivity contribution is -0.113. The number of benzene rings is 3. The molecule has 0 saturated heterocycles. The molecule has 1 amide bonds. The van der Waals surface area contributed by atoms with E-state index in [0.717, 1.165) is 22.5 Å². The summed E-state index contributed by atoms with van der Waals surface area (Å²) >= 11 is 1.21. The van der Waals surface area contributed by atoms with Crippen LogP contribution in [0.25, 0.3) is 22.5 Å². The van der Waals surface area contributed by atoms with Gasteiger partial charge in [0.25, 0.3) is 0 Å². The van der Waals surface area contributed by atoms with Crippen molar-refractivity contribution in [1.82, 2.24) is 9.97 Å². The Kier molecular flexibility index (Phi) is 6.15. The Balaban J connectivity index is 1.57. The van der Waals surface area contributed by atoms with Crippen LogP contribution in [0.4, 0.5) is 10.1 Å². The molecule has 4 aromatic rings. The van der Waals surface area contributed by atoms with Crippen molar-refractivity contribution in [3.63, 3.8) is 0 Å². The second kappa shape index (κ2) is 9.33. The molecule has 30 heavy (non-hydrogen) atoms. The first-order valence-electron chi connectivity index (χ1n) is 9.36. The third-order valence-corrected chi connectivity index (χ3v) is 5.17. The first-order valence-corrected chi connectivity index (χ1v) is 10.3. The highest BCUT2D eigenvalue weighted by molar-refractivity contribution is 7.99. The number of thioether (sulfide) groups is 1. The van der Waals surface area contributed by atoms with Crippen molar-refractivity contribution in [2.45, 2.75) is 5.16 Å². The fraction of sp³-hybridized carbons (Fsp3) is 0.0417. The summed E-state index contributed by atoms with van der Waals surface area (Å²) in [4.78, 5) is 21.5. The molecule has 3 aromatic carbocycles. The summed E-state index contributed by atoms with van der Waals surface area (Å²) < 4.78 is 13.7. The molecule has 0 aliphatic carbocycles. The molecule has 6 heteroatoms. The number of nitrogens with one attached hydrogen (secondary N) is 1. The minimum atomic E-state index is -0.468. The predicted molar refractivity (Wildman–Crippen MR) is 119 cm³/mol. The number of nitrogens with zero attached hydrogens (tertiary/aromatic N) is 2. The van der Waals surface area contributed by atoms with Crippen molar-refractivity contribution >= 4 is 23.4 Å². The highest BCUT2D eigenvalue weighted by Crippen LogP contribution is 2.27. The van der Waals surface area contributed by atoms with Gasteiger partial charge in [0.1, 0.15) is 5.82 Å². The molecule has 148 valence electrons. The number of carbonyl (C=O) groups excluding carboxylic acids is 1. The number of hydrogen-bond acceptors (Lipinski definition) is 4. The van der Waals surface area contributed by atoms with Crippen LogP contribution in [0.2, 0.25) is 0 Å². The van der Waals surface area contributed by atoms with E-state index in [2.05, 4.69) is 15.3 Å². The zero-order valence-electron chi connectivity index (χ0n) is 16.0. The fourth-order valence-corrected chi connectivity index (χ4v) is 3.54. The van der Waals surface area contributed by atoms with E-state index in [0.29, 0.717) is 5.16 Å². The largest absolute Gasteiger partial charge is 0.323 e. The van der Waals surface area contributed by atoms with Gasteiger partial charge in [0.2, 0.25) is 5.91 Å². The molecule has 0 bridgehead atoms. The Morgan fingerprint density at radius 3 is 1.90 bits per heavy atom. The molecule has 0 aliphatic heterocycles. The normalized spacial score (nSPS) is 10.6. The van der Waals surface area contributed by atoms with Gasteiger partial charge in [0.05, 0.1) is 22.8 Å². The van der Waals surface area contributed by atoms with E-state index >= 15 is 0 Å². The monoisotopic (exact) mass is 415 g/mol. The minimum absolute atomic E-state index is 0.0702. The molecule has 0 unspecified atom stereocenters. The van der Waals surface area contributed by atoms with E-state index in [1.807, 2.05) is 66.7 Å². The van der Waals surface area contributed by atoms with E-state index < -0.39 is 5.82 Å². The summed E-state index contributed by atoms with van der Waals surface area (Å²) in [7, 11) is 0. The molecule has 0 radical (unpaired) electrons. The number of aromatic nitrogens is 2. The molecular weight excluding hydrogens is 397 g/mol. The van der Waals surface area contributed by atoms with Crippen molar-refractivity contribution in [2.24, 2.45) is 0 Å². The van der Waals surface area contributed by atoms with Crippen LogP contribution in [0.3, 0.4) is 0 Å². The lowest BCUT2D eigenvalue weighted by Crippen LogP contribution is -2.15. The average molecular weight is 415 g/mol. The fourth-order valence-electron chi connectivity index (χ4n) is 2.88. The maximum absolute atomic E-state index is 13.7. The van der Waals surface area contributed by atoms with Gasteiger partial charge in [-0.2, -0.15) is 0 Å². The molecular formula is C24H18FN3OS. The Morgan fingerprint density at radius 2 is 1.33 bits per heavy atom. The van der Waals surface area contributed by atoms with Crippen molar-refractivity contribution in [1.29, 1.82) is 0 Å². The molecule has 1 aromatic heterocycles. The number of rotatable bonds is 6. The molecule has 1 N–H and O–H groups in total. The first kappa shape index (κ1) is 19.8. The Bertz CT molecular complexity index is 1100. The van der Waals surface area contributed by atoms with Gasteiger partial charge in [-0.05, 0) is 18.2 Å². The van der Waals surface area contributed by atoms with Crippen LogP contribution < -0.4 is 5.32 Å². The molecule has 0 aliphatic rings. The van der Waals surface area contributed by atoms with Gasteiger partial charge < -0.3 is 5.32 Å². The Hall–Kier alpha value is -3.51. The van der Waals surface area contributed by atoms with Crippen molar-refractivity contribution < 1.29 is 9.18 Å². The van der Waals surface area contributed by atoms with Gasteiger partial charge in [-0.1, -0.05) is 84.6 Å². The van der Waals surface area contributed by atoms with Crippen LogP contribution in [-0.4, -0.2) is 21.6 Å². The van der Waals surface area contributed by atoms with Gasteiger partial charge in [0.15, 0.2) is 5.16 Å². The van der Waals surface area contributed by atoms with E-state index in [9.17, 15) is 9.18 Å². The second-order valence-corrected chi connectivity index (χ2v) is 7.41. The summed E-state index contributed by atoms with van der Waals surface area (Å²) in [6, 6.07) is 27.7. The molecule has 0 spiro atoms. The van der Waals surface area contributed by atoms with Crippen LogP contribution >= 0.6 is 11.8 Å². The third-order valence-electron chi connectivity index (χ3n) is 4.33. The number of carbonyl (C=O) groups is 1. The van der Waals surface area contributed by atoms with Crippen LogP contribution in [-0.2, 0) is 4.79 Å². The van der Waals surface area contributed by atoms with Crippen molar-refractivity contribution in [3.8, 4) is 22.5 Å². The van der Waals surface area contributed by atoms with Crippen LogP contribution in [0.5, 0.6) is 0 Å². The van der Waals surface area contributed by atoms with Crippen molar-refractivity contribution in [2.75, 3.05) is 11.1 Å². The van der Waals surface area contributed by atoms with Gasteiger partial charge in [-0.15, -0.1) is 0 Å². The van der Waals surface area contributed by atoms with E-state index in [4.69, 9.17) is 0 Å². The Morgan fingerprint density at radius 1 is 0.800 bits per heavy atom. The summed E-state index contributed by atoms with van der Waals surface area (Å²) in [5.74, 6) is -0.717. The summed E-state index contributed by atoms with van der Waals surface area (Å²) in [5.41, 5.74) is 3.65. The number of halogens is 1. The van der Waals surface area contributed by atoms with Gasteiger partial charge in [0, 0.05) is 11.1 Å². The van der Waals surface area contributed by atoms with Crippen molar-refractivity contribution in [3.05, 3.63) is 96.8 Å². The molecule has 0 atom stereocenters. The minimum Gasteiger partial charge on any atom is -0.323 e. The van der Waals surface area contributed by atoms with Gasteiger partial charge in [-0.3, -0.25) is 4.79 Å². The molecule has 0 fully saturated rings. The molecule has 0 saturated carbocycles. The zero-order valence-corrected chi connectivity index (χ0v) is 16.8. The Labute approximate surface area is 178 Å². The smallest absolute Gasteiger partial charge is 0.234 e. The SMILES string of the molecule is O=C(CSc1nc(-c2ccccc2)cc(-c2ccccc2)n1)Nc1ccccc1F. The molecule has 4 nitrogen and oxygen atoms in total. The van der Waals surface area contributed by atoms with E-state index in [1.165, 1.54) is 23.9 Å². The van der Waals surface area contributed by atoms with E-state index in [1.54, 1.807) is 12.1 Å². The third kappa shape index (κ3) is 4.90. The highest BCUT2D eigenvalue weighted by atomic mass is 32.2.